The molecule has 0 aromatic heterocycles. The summed E-state index contributed by atoms with van der Waals surface area (Å²) < 4.78 is 10.3. The van der Waals surface area contributed by atoms with Crippen LogP contribution in [0.2, 0.25) is 5.02 Å². The van der Waals surface area contributed by atoms with Crippen LogP contribution in [0.3, 0.4) is 0 Å². The van der Waals surface area contributed by atoms with Crippen molar-refractivity contribution in [3.05, 3.63) is 58.6 Å². The normalized spacial score (nSPS) is 11.5. The lowest BCUT2D eigenvalue weighted by Gasteiger charge is -2.13. The Labute approximate surface area is 158 Å². The highest BCUT2D eigenvalue weighted by Crippen LogP contribution is 2.30. The molecule has 0 radical (unpaired) electrons. The van der Waals surface area contributed by atoms with Crippen LogP contribution < -0.4 is 10.1 Å². The van der Waals surface area contributed by atoms with E-state index in [-0.39, 0.29) is 18.9 Å². The molecule has 0 saturated carbocycles. The molecule has 2 rings (SSSR count). The molecule has 1 amide bonds. The van der Waals surface area contributed by atoms with Gasteiger partial charge in [0.2, 0.25) is 0 Å². The van der Waals surface area contributed by atoms with Gasteiger partial charge < -0.3 is 14.8 Å². The minimum Gasteiger partial charge on any atom is -0.495 e. The summed E-state index contributed by atoms with van der Waals surface area (Å²) in [5, 5.41) is 3.21. The van der Waals surface area contributed by atoms with E-state index in [1.54, 1.807) is 12.1 Å². The van der Waals surface area contributed by atoms with Crippen molar-refractivity contribution >= 4 is 29.2 Å². The zero-order chi connectivity index (χ0) is 19.1. The highest BCUT2D eigenvalue weighted by Gasteiger charge is 2.15. The van der Waals surface area contributed by atoms with Crippen molar-refractivity contribution < 1.29 is 19.1 Å². The zero-order valence-electron chi connectivity index (χ0n) is 15.0. The van der Waals surface area contributed by atoms with Gasteiger partial charge in [-0.15, -0.1) is 0 Å². The molecular formula is C20H22ClNO4. The first kappa shape index (κ1) is 19.8. The van der Waals surface area contributed by atoms with Crippen LogP contribution in [0, 0.1) is 6.92 Å². The van der Waals surface area contributed by atoms with E-state index in [2.05, 4.69) is 5.32 Å². The maximum atomic E-state index is 12.1. The van der Waals surface area contributed by atoms with Crippen molar-refractivity contribution in [2.75, 3.05) is 19.0 Å². The molecule has 2 aromatic carbocycles. The first-order chi connectivity index (χ1) is 12.4. The Bertz CT molecular complexity index is 777. The molecular weight excluding hydrogens is 354 g/mol. The predicted molar refractivity (Wildman–Crippen MR) is 102 cm³/mol. The number of anilines is 1. The Hall–Kier alpha value is -2.53. The number of carbonyl (C=O) groups excluding carboxylic acids is 2. The van der Waals surface area contributed by atoms with Gasteiger partial charge in [-0.1, -0.05) is 48.9 Å². The average Bonchev–Trinajstić information content (AvgIpc) is 2.63. The van der Waals surface area contributed by atoms with E-state index in [9.17, 15) is 9.59 Å². The summed E-state index contributed by atoms with van der Waals surface area (Å²) in [4.78, 5) is 24.0. The quantitative estimate of drug-likeness (QED) is 0.731. The Morgan fingerprint density at radius 3 is 2.54 bits per heavy atom. The largest absolute Gasteiger partial charge is 0.495 e. The minimum atomic E-state index is -0.439. The van der Waals surface area contributed by atoms with Crippen molar-refractivity contribution in [3.63, 3.8) is 0 Å². The van der Waals surface area contributed by atoms with Crippen molar-refractivity contribution in [2.24, 2.45) is 0 Å². The van der Waals surface area contributed by atoms with E-state index in [4.69, 9.17) is 21.1 Å². The molecule has 138 valence electrons. The smallest absolute Gasteiger partial charge is 0.306 e. The van der Waals surface area contributed by atoms with E-state index in [1.807, 2.05) is 44.2 Å². The number of halogens is 1. The van der Waals surface area contributed by atoms with Gasteiger partial charge in [-0.2, -0.15) is 0 Å². The summed E-state index contributed by atoms with van der Waals surface area (Å²) in [6, 6.07) is 13.0. The van der Waals surface area contributed by atoms with Gasteiger partial charge in [-0.25, -0.2) is 0 Å². The predicted octanol–water partition coefficient (Wildman–Crippen LogP) is 4.33. The van der Waals surface area contributed by atoms with E-state index in [0.29, 0.717) is 16.5 Å². The number of carbonyl (C=O) groups is 2. The van der Waals surface area contributed by atoms with E-state index >= 15 is 0 Å². The second-order valence-corrected chi connectivity index (χ2v) is 6.43. The lowest BCUT2D eigenvalue weighted by molar-refractivity contribution is -0.147. The highest BCUT2D eigenvalue weighted by atomic mass is 35.5. The standard InChI is InChI=1S/C20H22ClNO4/c1-13(15-7-5-4-6-8-15)10-20(24)26-12-19(23)22-17-9-14(2)16(21)11-18(17)25-3/h4-9,11,13H,10,12H2,1-3H3,(H,22,23). The molecule has 1 atom stereocenters. The monoisotopic (exact) mass is 375 g/mol. The molecule has 2 aromatic rings. The van der Waals surface area contributed by atoms with Gasteiger partial charge in [-0.05, 0) is 30.0 Å². The number of hydrogen-bond donors (Lipinski definition) is 1. The third kappa shape index (κ3) is 5.49. The molecule has 0 heterocycles. The third-order valence-electron chi connectivity index (χ3n) is 3.96. The van der Waals surface area contributed by atoms with Crippen molar-refractivity contribution in [2.45, 2.75) is 26.2 Å². The number of rotatable bonds is 7. The van der Waals surface area contributed by atoms with Crippen molar-refractivity contribution in [3.8, 4) is 5.75 Å². The number of ether oxygens (including phenoxy) is 2. The molecule has 5 nitrogen and oxygen atoms in total. The molecule has 0 aliphatic rings. The van der Waals surface area contributed by atoms with Gasteiger partial charge in [0.05, 0.1) is 19.2 Å². The summed E-state index contributed by atoms with van der Waals surface area (Å²) in [6.45, 7) is 3.41. The highest BCUT2D eigenvalue weighted by molar-refractivity contribution is 6.31. The van der Waals surface area contributed by atoms with Crippen LogP contribution in [-0.2, 0) is 14.3 Å². The summed E-state index contributed by atoms with van der Waals surface area (Å²) in [5.74, 6) is -0.398. The van der Waals surface area contributed by atoms with Gasteiger partial charge in [0, 0.05) is 11.1 Å². The number of nitrogens with one attached hydrogen (secondary N) is 1. The zero-order valence-corrected chi connectivity index (χ0v) is 15.8. The number of benzene rings is 2. The van der Waals surface area contributed by atoms with Gasteiger partial charge in [-0.3, -0.25) is 9.59 Å². The molecule has 0 aliphatic heterocycles. The molecule has 0 aliphatic carbocycles. The third-order valence-corrected chi connectivity index (χ3v) is 4.37. The number of esters is 1. The first-order valence-corrected chi connectivity index (χ1v) is 8.63. The maximum absolute atomic E-state index is 12.1. The van der Waals surface area contributed by atoms with Gasteiger partial charge in [0.15, 0.2) is 6.61 Å². The fraction of sp³-hybridized carbons (Fsp3) is 0.300. The Morgan fingerprint density at radius 2 is 1.88 bits per heavy atom. The first-order valence-electron chi connectivity index (χ1n) is 8.25. The molecule has 0 fully saturated rings. The average molecular weight is 376 g/mol. The van der Waals surface area contributed by atoms with Gasteiger partial charge in [0.1, 0.15) is 5.75 Å². The lowest BCUT2D eigenvalue weighted by atomic mass is 9.98. The van der Waals surface area contributed by atoms with Crippen molar-refractivity contribution in [1.82, 2.24) is 0 Å². The van der Waals surface area contributed by atoms with Crippen LogP contribution >= 0.6 is 11.6 Å². The molecule has 0 saturated heterocycles. The van der Waals surface area contributed by atoms with Crippen molar-refractivity contribution in [1.29, 1.82) is 0 Å². The number of methoxy groups -OCH3 is 1. The Morgan fingerprint density at radius 1 is 1.19 bits per heavy atom. The molecule has 26 heavy (non-hydrogen) atoms. The summed E-state index contributed by atoms with van der Waals surface area (Å²) in [6.07, 6.45) is 0.209. The minimum absolute atomic E-state index is 0.0192. The van der Waals surface area contributed by atoms with Crippen LogP contribution in [0.5, 0.6) is 5.75 Å². The Kier molecular flexibility index (Phi) is 7.04. The van der Waals surface area contributed by atoms with E-state index < -0.39 is 11.9 Å². The van der Waals surface area contributed by atoms with Crippen LogP contribution in [0.4, 0.5) is 5.69 Å². The Balaban J connectivity index is 1.87. The summed E-state index contributed by atoms with van der Waals surface area (Å²) in [5.41, 5.74) is 2.33. The number of aryl methyl sites for hydroxylation is 1. The van der Waals surface area contributed by atoms with Gasteiger partial charge >= 0.3 is 5.97 Å². The van der Waals surface area contributed by atoms with Crippen LogP contribution in [0.1, 0.15) is 30.4 Å². The van der Waals surface area contributed by atoms with Crippen LogP contribution in [0.25, 0.3) is 0 Å². The van der Waals surface area contributed by atoms with E-state index in [1.165, 1.54) is 7.11 Å². The van der Waals surface area contributed by atoms with Gasteiger partial charge in [0.25, 0.3) is 5.91 Å². The fourth-order valence-electron chi connectivity index (χ4n) is 2.47. The number of amides is 1. The summed E-state index contributed by atoms with van der Waals surface area (Å²) >= 11 is 6.04. The topological polar surface area (TPSA) is 64.6 Å². The fourth-order valence-corrected chi connectivity index (χ4v) is 2.62. The second-order valence-electron chi connectivity index (χ2n) is 6.03. The molecule has 0 bridgehead atoms. The SMILES string of the molecule is COc1cc(Cl)c(C)cc1NC(=O)COC(=O)CC(C)c1ccccc1. The lowest BCUT2D eigenvalue weighted by Crippen LogP contribution is -2.21. The van der Waals surface area contributed by atoms with Crippen LogP contribution in [-0.4, -0.2) is 25.6 Å². The second kappa shape index (κ2) is 9.25. The maximum Gasteiger partial charge on any atom is 0.306 e. The number of hydrogen-bond acceptors (Lipinski definition) is 4. The molecule has 0 spiro atoms. The molecule has 6 heteroatoms. The summed E-state index contributed by atoms with van der Waals surface area (Å²) in [7, 11) is 1.49. The molecule has 1 unspecified atom stereocenters. The van der Waals surface area contributed by atoms with E-state index in [0.717, 1.165) is 11.1 Å². The van der Waals surface area contributed by atoms with Crippen LogP contribution in [0.15, 0.2) is 42.5 Å². The molecule has 1 N–H and O–H groups in total.